The Morgan fingerprint density at radius 1 is 1.75 bits per heavy atom. The predicted octanol–water partition coefficient (Wildman–Crippen LogP) is 0.943. The van der Waals surface area contributed by atoms with Crippen LogP contribution in [0.4, 0.5) is 0 Å². The van der Waals surface area contributed by atoms with Crippen LogP contribution in [0.25, 0.3) is 0 Å². The van der Waals surface area contributed by atoms with Crippen molar-refractivity contribution in [2.45, 2.75) is 37.6 Å². The maximum absolute atomic E-state index is 10.6. The van der Waals surface area contributed by atoms with Crippen LogP contribution in [0.2, 0.25) is 0 Å². The molecule has 0 saturated carbocycles. The number of carboxylic acid groups (broad SMARTS) is 1. The second kappa shape index (κ2) is 4.14. The average Bonchev–Trinajstić information content (AvgIpc) is 2.05. The number of carbonyl (C=O) groups is 1. The van der Waals surface area contributed by atoms with E-state index in [2.05, 4.69) is 19.2 Å². The number of thioether (sulfide) groups is 1. The van der Waals surface area contributed by atoms with Crippen molar-refractivity contribution in [2.75, 3.05) is 5.75 Å². The zero-order chi connectivity index (χ0) is 9.14. The number of rotatable bonds is 2. The van der Waals surface area contributed by atoms with E-state index in [0.717, 1.165) is 6.42 Å². The summed E-state index contributed by atoms with van der Waals surface area (Å²) in [5.74, 6) is -0.0413. The van der Waals surface area contributed by atoms with Gasteiger partial charge in [-0.05, 0) is 6.42 Å². The first-order valence-corrected chi connectivity index (χ1v) is 5.30. The van der Waals surface area contributed by atoms with Gasteiger partial charge in [-0.1, -0.05) is 13.8 Å². The largest absolute Gasteiger partial charge is 0.480 e. The Bertz CT molecular complexity index is 174. The molecule has 3 nitrogen and oxygen atoms in total. The minimum atomic E-state index is -0.729. The highest BCUT2D eigenvalue weighted by Crippen LogP contribution is 2.22. The molecular weight excluding hydrogens is 174 g/mol. The van der Waals surface area contributed by atoms with E-state index in [-0.39, 0.29) is 6.04 Å². The number of aliphatic carboxylic acids is 1. The van der Waals surface area contributed by atoms with Crippen molar-refractivity contribution in [1.29, 1.82) is 0 Å². The zero-order valence-electron chi connectivity index (χ0n) is 7.41. The number of nitrogens with one attached hydrogen (secondary N) is 1. The molecule has 0 aliphatic carbocycles. The first kappa shape index (κ1) is 9.86. The van der Waals surface area contributed by atoms with Gasteiger partial charge < -0.3 is 5.11 Å². The van der Waals surface area contributed by atoms with Gasteiger partial charge in [-0.2, -0.15) is 11.8 Å². The molecule has 1 fully saturated rings. The quantitative estimate of drug-likeness (QED) is 0.679. The summed E-state index contributed by atoms with van der Waals surface area (Å²) in [5.41, 5.74) is 0. The summed E-state index contributed by atoms with van der Waals surface area (Å²) in [6.07, 6.45) is 0.998. The summed E-state index contributed by atoms with van der Waals surface area (Å²) in [7, 11) is 0. The number of hydrogen-bond acceptors (Lipinski definition) is 3. The molecule has 1 saturated heterocycles. The molecule has 0 aromatic rings. The third-order valence-electron chi connectivity index (χ3n) is 2.25. The van der Waals surface area contributed by atoms with Gasteiger partial charge in [-0.25, -0.2) is 0 Å². The highest BCUT2D eigenvalue weighted by atomic mass is 32.2. The molecule has 1 aliphatic heterocycles. The Labute approximate surface area is 76.9 Å². The molecule has 1 heterocycles. The van der Waals surface area contributed by atoms with Crippen LogP contribution in [0.5, 0.6) is 0 Å². The molecule has 3 unspecified atom stereocenters. The number of hydrogen-bond donors (Lipinski definition) is 2. The lowest BCUT2D eigenvalue weighted by Crippen LogP contribution is -2.52. The second-order valence-electron chi connectivity index (χ2n) is 3.11. The molecule has 1 rings (SSSR count). The normalized spacial score (nSPS) is 36.3. The molecule has 0 spiro atoms. The van der Waals surface area contributed by atoms with Crippen LogP contribution in [-0.2, 0) is 4.79 Å². The summed E-state index contributed by atoms with van der Waals surface area (Å²) in [4.78, 5) is 10.6. The van der Waals surface area contributed by atoms with Crippen LogP contribution in [-0.4, -0.2) is 34.2 Å². The van der Waals surface area contributed by atoms with Crippen LogP contribution in [0.1, 0.15) is 20.3 Å². The van der Waals surface area contributed by atoms with Crippen molar-refractivity contribution in [3.8, 4) is 0 Å². The lowest BCUT2D eigenvalue weighted by Gasteiger charge is -2.32. The molecule has 3 atom stereocenters. The van der Waals surface area contributed by atoms with Crippen molar-refractivity contribution in [1.82, 2.24) is 5.32 Å². The molecule has 4 heteroatoms. The van der Waals surface area contributed by atoms with Gasteiger partial charge in [-0.15, -0.1) is 0 Å². The van der Waals surface area contributed by atoms with Crippen molar-refractivity contribution >= 4 is 17.7 Å². The number of carboxylic acids is 1. The standard InChI is InChI=1S/C8H15NO2S/c1-3-6-5(2)12-4-7(9-6)8(10)11/h5-7,9H,3-4H2,1-2H3,(H,10,11). The Balaban J connectivity index is 2.49. The van der Waals surface area contributed by atoms with E-state index in [1.54, 1.807) is 11.8 Å². The fourth-order valence-corrected chi connectivity index (χ4v) is 2.64. The Morgan fingerprint density at radius 3 is 2.92 bits per heavy atom. The van der Waals surface area contributed by atoms with E-state index in [4.69, 9.17) is 5.11 Å². The maximum Gasteiger partial charge on any atom is 0.321 e. The molecule has 12 heavy (non-hydrogen) atoms. The fraction of sp³-hybridized carbons (Fsp3) is 0.875. The topological polar surface area (TPSA) is 49.3 Å². The molecule has 1 aliphatic rings. The van der Waals surface area contributed by atoms with E-state index in [9.17, 15) is 4.79 Å². The Hall–Kier alpha value is -0.220. The molecule has 0 aromatic carbocycles. The zero-order valence-corrected chi connectivity index (χ0v) is 8.23. The van der Waals surface area contributed by atoms with Gasteiger partial charge in [0.15, 0.2) is 0 Å². The second-order valence-corrected chi connectivity index (χ2v) is 4.52. The summed E-state index contributed by atoms with van der Waals surface area (Å²) in [6.45, 7) is 4.23. The summed E-state index contributed by atoms with van der Waals surface area (Å²) >= 11 is 1.74. The van der Waals surface area contributed by atoms with Gasteiger partial charge in [0, 0.05) is 17.0 Å². The molecule has 2 N–H and O–H groups in total. The van der Waals surface area contributed by atoms with E-state index < -0.39 is 5.97 Å². The highest BCUT2D eigenvalue weighted by molar-refractivity contribution is 8.00. The van der Waals surface area contributed by atoms with Crippen LogP contribution >= 0.6 is 11.8 Å². The van der Waals surface area contributed by atoms with Gasteiger partial charge in [0.25, 0.3) is 0 Å². The molecule has 70 valence electrons. The van der Waals surface area contributed by atoms with Gasteiger partial charge in [0.2, 0.25) is 0 Å². The van der Waals surface area contributed by atoms with Gasteiger partial charge in [0.05, 0.1) is 0 Å². The van der Waals surface area contributed by atoms with Crippen molar-refractivity contribution in [3.05, 3.63) is 0 Å². The lowest BCUT2D eigenvalue weighted by atomic mass is 10.1. The summed E-state index contributed by atoms with van der Waals surface area (Å²) in [6, 6.07) is 0.000926. The van der Waals surface area contributed by atoms with E-state index >= 15 is 0 Å². The molecule has 0 radical (unpaired) electrons. The molecular formula is C8H15NO2S. The average molecular weight is 189 g/mol. The van der Waals surface area contributed by atoms with Crippen molar-refractivity contribution in [3.63, 3.8) is 0 Å². The van der Waals surface area contributed by atoms with E-state index in [0.29, 0.717) is 17.0 Å². The lowest BCUT2D eigenvalue weighted by molar-refractivity contribution is -0.139. The Morgan fingerprint density at radius 2 is 2.42 bits per heavy atom. The first-order chi connectivity index (χ1) is 5.65. The smallest absolute Gasteiger partial charge is 0.321 e. The van der Waals surface area contributed by atoms with Gasteiger partial charge >= 0.3 is 5.97 Å². The first-order valence-electron chi connectivity index (χ1n) is 4.25. The van der Waals surface area contributed by atoms with Crippen LogP contribution < -0.4 is 5.32 Å². The monoisotopic (exact) mass is 189 g/mol. The molecule has 0 aromatic heterocycles. The predicted molar refractivity (Wildman–Crippen MR) is 50.6 cm³/mol. The van der Waals surface area contributed by atoms with Crippen molar-refractivity contribution < 1.29 is 9.90 Å². The Kier molecular flexibility index (Phi) is 3.40. The third kappa shape index (κ3) is 2.14. The van der Waals surface area contributed by atoms with E-state index in [1.807, 2.05) is 0 Å². The van der Waals surface area contributed by atoms with Crippen LogP contribution in [0.3, 0.4) is 0 Å². The summed E-state index contributed by atoms with van der Waals surface area (Å²) in [5, 5.41) is 12.4. The fourth-order valence-electron chi connectivity index (χ4n) is 1.40. The maximum atomic E-state index is 10.6. The third-order valence-corrected chi connectivity index (χ3v) is 3.63. The highest BCUT2D eigenvalue weighted by Gasteiger charge is 2.29. The minimum Gasteiger partial charge on any atom is -0.480 e. The molecule has 0 bridgehead atoms. The molecule has 0 amide bonds. The summed E-state index contributed by atoms with van der Waals surface area (Å²) < 4.78 is 0. The van der Waals surface area contributed by atoms with Crippen LogP contribution in [0.15, 0.2) is 0 Å². The minimum absolute atomic E-state index is 0.351. The SMILES string of the molecule is CCC1NC(C(=O)O)CSC1C. The van der Waals surface area contributed by atoms with Gasteiger partial charge in [-0.3, -0.25) is 10.1 Å². The van der Waals surface area contributed by atoms with E-state index in [1.165, 1.54) is 0 Å². The van der Waals surface area contributed by atoms with Gasteiger partial charge in [0.1, 0.15) is 6.04 Å². The van der Waals surface area contributed by atoms with Crippen LogP contribution in [0, 0.1) is 0 Å². The van der Waals surface area contributed by atoms with Crippen molar-refractivity contribution in [2.24, 2.45) is 0 Å².